The van der Waals surface area contributed by atoms with E-state index in [9.17, 15) is 4.79 Å². The van der Waals surface area contributed by atoms with Crippen LogP contribution in [-0.2, 0) is 10.2 Å². The van der Waals surface area contributed by atoms with Crippen molar-refractivity contribution in [3.05, 3.63) is 35.9 Å². The van der Waals surface area contributed by atoms with Crippen molar-refractivity contribution < 1.29 is 9.90 Å². The van der Waals surface area contributed by atoms with E-state index in [0.717, 1.165) is 5.56 Å². The highest BCUT2D eigenvalue weighted by Gasteiger charge is 2.29. The molecule has 0 fully saturated rings. The molecule has 1 rings (SSSR count). The van der Waals surface area contributed by atoms with Crippen molar-refractivity contribution in [2.45, 2.75) is 32.3 Å². The Morgan fingerprint density at radius 1 is 1.38 bits per heavy atom. The molecule has 1 atom stereocenters. The third-order valence-corrected chi connectivity index (χ3v) is 2.62. The van der Waals surface area contributed by atoms with E-state index in [4.69, 9.17) is 5.11 Å². The van der Waals surface area contributed by atoms with Crippen molar-refractivity contribution in [1.29, 1.82) is 0 Å². The lowest BCUT2D eigenvalue weighted by atomic mass is 9.84. The number of benzene rings is 1. The van der Waals surface area contributed by atoms with Gasteiger partial charge in [-0.25, -0.2) is 0 Å². The zero-order chi connectivity index (χ0) is 12.2. The topological polar surface area (TPSA) is 49.3 Å². The SMILES string of the molecule is C[C@@H](O)CNC(=O)C(C)(C)c1ccccc1. The van der Waals surface area contributed by atoms with Gasteiger partial charge in [-0.3, -0.25) is 4.79 Å². The van der Waals surface area contributed by atoms with E-state index in [1.807, 2.05) is 44.2 Å². The number of aliphatic hydroxyl groups is 1. The highest BCUT2D eigenvalue weighted by molar-refractivity contribution is 5.87. The van der Waals surface area contributed by atoms with E-state index in [1.165, 1.54) is 0 Å². The molecule has 0 aliphatic rings. The van der Waals surface area contributed by atoms with E-state index in [2.05, 4.69) is 5.32 Å². The van der Waals surface area contributed by atoms with Gasteiger partial charge in [0.1, 0.15) is 0 Å². The van der Waals surface area contributed by atoms with Crippen LogP contribution < -0.4 is 5.32 Å². The molecule has 3 nitrogen and oxygen atoms in total. The average molecular weight is 221 g/mol. The van der Waals surface area contributed by atoms with E-state index in [1.54, 1.807) is 6.92 Å². The van der Waals surface area contributed by atoms with Crippen molar-refractivity contribution in [3.8, 4) is 0 Å². The highest BCUT2D eigenvalue weighted by Crippen LogP contribution is 2.22. The molecule has 2 N–H and O–H groups in total. The van der Waals surface area contributed by atoms with Gasteiger partial charge in [0.25, 0.3) is 0 Å². The molecule has 1 amide bonds. The van der Waals surface area contributed by atoms with Crippen molar-refractivity contribution in [2.75, 3.05) is 6.54 Å². The third-order valence-electron chi connectivity index (χ3n) is 2.62. The molecule has 0 bridgehead atoms. The third kappa shape index (κ3) is 3.07. The zero-order valence-corrected chi connectivity index (χ0v) is 10.0. The smallest absolute Gasteiger partial charge is 0.230 e. The molecular formula is C13H19NO2. The van der Waals surface area contributed by atoms with Gasteiger partial charge in [0.15, 0.2) is 0 Å². The second kappa shape index (κ2) is 5.12. The first-order chi connectivity index (χ1) is 7.44. The number of hydrogen-bond donors (Lipinski definition) is 2. The first-order valence-corrected chi connectivity index (χ1v) is 5.46. The van der Waals surface area contributed by atoms with Crippen molar-refractivity contribution in [2.24, 2.45) is 0 Å². The summed E-state index contributed by atoms with van der Waals surface area (Å²) in [6.45, 7) is 5.68. The van der Waals surface area contributed by atoms with Gasteiger partial charge >= 0.3 is 0 Å². The van der Waals surface area contributed by atoms with Crippen LogP contribution >= 0.6 is 0 Å². The van der Waals surface area contributed by atoms with Crippen LogP contribution in [0.2, 0.25) is 0 Å². The fourth-order valence-corrected chi connectivity index (χ4v) is 1.45. The lowest BCUT2D eigenvalue weighted by molar-refractivity contribution is -0.126. The fourth-order valence-electron chi connectivity index (χ4n) is 1.45. The van der Waals surface area contributed by atoms with Crippen LogP contribution in [0, 0.1) is 0 Å². The number of rotatable bonds is 4. The summed E-state index contributed by atoms with van der Waals surface area (Å²) >= 11 is 0. The van der Waals surface area contributed by atoms with Gasteiger partial charge in [-0.1, -0.05) is 30.3 Å². The molecule has 0 unspecified atom stereocenters. The monoisotopic (exact) mass is 221 g/mol. The molecular weight excluding hydrogens is 202 g/mol. The fraction of sp³-hybridized carbons (Fsp3) is 0.462. The number of carbonyl (C=O) groups excluding carboxylic acids is 1. The Hall–Kier alpha value is -1.35. The summed E-state index contributed by atoms with van der Waals surface area (Å²) in [5.74, 6) is -0.0698. The molecule has 1 aromatic carbocycles. The second-order valence-electron chi connectivity index (χ2n) is 4.55. The molecule has 3 heteroatoms. The summed E-state index contributed by atoms with van der Waals surface area (Å²) in [4.78, 5) is 11.9. The van der Waals surface area contributed by atoms with E-state index >= 15 is 0 Å². The lowest BCUT2D eigenvalue weighted by Crippen LogP contribution is -2.42. The van der Waals surface area contributed by atoms with Gasteiger partial charge < -0.3 is 10.4 Å². The first kappa shape index (κ1) is 12.7. The van der Waals surface area contributed by atoms with E-state index in [0.29, 0.717) is 0 Å². The summed E-state index contributed by atoms with van der Waals surface area (Å²) in [6, 6.07) is 9.62. The highest BCUT2D eigenvalue weighted by atomic mass is 16.3. The number of hydrogen-bond acceptors (Lipinski definition) is 2. The van der Waals surface area contributed by atoms with Crippen LogP contribution in [0.4, 0.5) is 0 Å². The molecule has 16 heavy (non-hydrogen) atoms. The van der Waals surface area contributed by atoms with Crippen LogP contribution in [-0.4, -0.2) is 23.7 Å². The van der Waals surface area contributed by atoms with Gasteiger partial charge in [-0.2, -0.15) is 0 Å². The van der Waals surface area contributed by atoms with Crippen LogP contribution in [0.3, 0.4) is 0 Å². The average Bonchev–Trinajstić information content (AvgIpc) is 2.27. The Bertz CT molecular complexity index is 344. The number of aliphatic hydroxyl groups excluding tert-OH is 1. The molecule has 0 heterocycles. The van der Waals surface area contributed by atoms with Gasteiger partial charge in [-0.05, 0) is 26.3 Å². The lowest BCUT2D eigenvalue weighted by Gasteiger charge is -2.24. The Morgan fingerprint density at radius 2 is 1.94 bits per heavy atom. The minimum atomic E-state index is -0.573. The minimum absolute atomic E-state index is 0.0698. The summed E-state index contributed by atoms with van der Waals surface area (Å²) < 4.78 is 0. The van der Waals surface area contributed by atoms with E-state index < -0.39 is 11.5 Å². The van der Waals surface area contributed by atoms with Gasteiger partial charge in [0.2, 0.25) is 5.91 Å². The van der Waals surface area contributed by atoms with Crippen LogP contribution in [0.1, 0.15) is 26.3 Å². The van der Waals surface area contributed by atoms with Crippen LogP contribution in [0.5, 0.6) is 0 Å². The van der Waals surface area contributed by atoms with Crippen molar-refractivity contribution in [3.63, 3.8) is 0 Å². The zero-order valence-electron chi connectivity index (χ0n) is 10.0. The maximum Gasteiger partial charge on any atom is 0.230 e. The summed E-state index contributed by atoms with van der Waals surface area (Å²) in [6.07, 6.45) is -0.518. The maximum absolute atomic E-state index is 11.9. The molecule has 0 saturated carbocycles. The Morgan fingerprint density at radius 3 is 2.44 bits per heavy atom. The molecule has 0 saturated heterocycles. The number of nitrogens with one attached hydrogen (secondary N) is 1. The van der Waals surface area contributed by atoms with Gasteiger partial charge in [0, 0.05) is 6.54 Å². The van der Waals surface area contributed by atoms with Crippen molar-refractivity contribution >= 4 is 5.91 Å². The predicted octanol–water partition coefficient (Wildman–Crippen LogP) is 1.46. The first-order valence-electron chi connectivity index (χ1n) is 5.46. The van der Waals surface area contributed by atoms with Crippen LogP contribution in [0.15, 0.2) is 30.3 Å². The standard InChI is InChI=1S/C13H19NO2/c1-10(15)9-14-12(16)13(2,3)11-7-5-4-6-8-11/h4-8,10,15H,9H2,1-3H3,(H,14,16)/t10-/m1/s1. The molecule has 0 aromatic heterocycles. The summed E-state index contributed by atoms with van der Waals surface area (Å²) in [7, 11) is 0. The number of carbonyl (C=O) groups is 1. The molecule has 1 aromatic rings. The molecule has 0 spiro atoms. The molecule has 0 radical (unpaired) electrons. The quantitative estimate of drug-likeness (QED) is 0.808. The largest absolute Gasteiger partial charge is 0.392 e. The molecule has 88 valence electrons. The summed E-state index contributed by atoms with van der Waals surface area (Å²) in [5.41, 5.74) is 0.397. The van der Waals surface area contributed by atoms with E-state index in [-0.39, 0.29) is 12.5 Å². The van der Waals surface area contributed by atoms with Crippen molar-refractivity contribution in [1.82, 2.24) is 5.32 Å². The Balaban J connectivity index is 2.74. The second-order valence-corrected chi connectivity index (χ2v) is 4.55. The molecule has 0 aliphatic heterocycles. The maximum atomic E-state index is 11.9. The minimum Gasteiger partial charge on any atom is -0.392 e. The van der Waals surface area contributed by atoms with Crippen LogP contribution in [0.25, 0.3) is 0 Å². The number of amides is 1. The summed E-state index contributed by atoms with van der Waals surface area (Å²) in [5, 5.41) is 11.9. The van der Waals surface area contributed by atoms with Gasteiger partial charge in [0.05, 0.1) is 11.5 Å². The van der Waals surface area contributed by atoms with Gasteiger partial charge in [-0.15, -0.1) is 0 Å². The molecule has 0 aliphatic carbocycles. The predicted molar refractivity (Wildman–Crippen MR) is 64.2 cm³/mol. The Kier molecular flexibility index (Phi) is 4.07. The Labute approximate surface area is 96.5 Å². The normalized spacial score (nSPS) is 13.2.